The van der Waals surface area contributed by atoms with Crippen molar-refractivity contribution in [2.24, 2.45) is 5.73 Å². The molecule has 3 rings (SSSR count). The highest BCUT2D eigenvalue weighted by Crippen LogP contribution is 2.28. The number of fused-ring (bicyclic) bond motifs is 1. The third-order valence-electron chi connectivity index (χ3n) is 5.55. The topological polar surface area (TPSA) is 78.6 Å². The predicted octanol–water partition coefficient (Wildman–Crippen LogP) is 0.722. The van der Waals surface area contributed by atoms with Crippen LogP contribution in [0.15, 0.2) is 24.8 Å². The summed E-state index contributed by atoms with van der Waals surface area (Å²) in [6.45, 7) is 7.18. The second-order valence-electron chi connectivity index (χ2n) is 7.12. The maximum Gasteiger partial charge on any atom is 0.324 e. The third kappa shape index (κ3) is 3.60. The molecule has 2 unspecified atom stereocenters. The van der Waals surface area contributed by atoms with Crippen LogP contribution >= 0.6 is 0 Å². The molecular formula is C19H28BN3O2. The fraction of sp³-hybridized carbons (Fsp3) is 0.526. The summed E-state index contributed by atoms with van der Waals surface area (Å²) in [7, 11) is 0. The Morgan fingerprint density at radius 3 is 3.08 bits per heavy atom. The SMILES string of the molecule is C=C(c1ccc2c(c1)B(O)CC2)N1CCCC1C(=O)NC(CC)CN. The molecular weight excluding hydrogens is 313 g/mol. The smallest absolute Gasteiger partial charge is 0.324 e. The number of carbonyl (C=O) groups excluding carboxylic acids is 1. The Morgan fingerprint density at radius 1 is 1.56 bits per heavy atom. The van der Waals surface area contributed by atoms with Crippen molar-refractivity contribution in [2.45, 2.75) is 51.0 Å². The lowest BCUT2D eigenvalue weighted by atomic mass is 9.63. The highest BCUT2D eigenvalue weighted by atomic mass is 16.2. The summed E-state index contributed by atoms with van der Waals surface area (Å²) < 4.78 is 0. The average Bonchev–Trinajstić information content (AvgIpc) is 3.26. The molecule has 1 aromatic carbocycles. The van der Waals surface area contributed by atoms with Gasteiger partial charge in [0.15, 0.2) is 0 Å². The second-order valence-corrected chi connectivity index (χ2v) is 7.12. The van der Waals surface area contributed by atoms with Gasteiger partial charge in [0.25, 0.3) is 0 Å². The summed E-state index contributed by atoms with van der Waals surface area (Å²) >= 11 is 0. The van der Waals surface area contributed by atoms with Gasteiger partial charge < -0.3 is 21.0 Å². The first kappa shape index (κ1) is 18.0. The van der Waals surface area contributed by atoms with E-state index in [1.165, 1.54) is 5.56 Å². The van der Waals surface area contributed by atoms with Gasteiger partial charge in [-0.3, -0.25) is 4.79 Å². The zero-order valence-electron chi connectivity index (χ0n) is 15.0. The molecule has 2 heterocycles. The lowest BCUT2D eigenvalue weighted by molar-refractivity contribution is -0.125. The minimum absolute atomic E-state index is 0.0263. The van der Waals surface area contributed by atoms with E-state index in [2.05, 4.69) is 28.9 Å². The zero-order chi connectivity index (χ0) is 18.0. The van der Waals surface area contributed by atoms with Crippen molar-refractivity contribution in [3.63, 3.8) is 0 Å². The fourth-order valence-electron chi connectivity index (χ4n) is 3.91. The molecule has 1 fully saturated rings. The van der Waals surface area contributed by atoms with Gasteiger partial charge in [-0.15, -0.1) is 0 Å². The average molecular weight is 341 g/mol. The van der Waals surface area contributed by atoms with Crippen molar-refractivity contribution >= 4 is 24.0 Å². The molecule has 1 saturated heterocycles. The summed E-state index contributed by atoms with van der Waals surface area (Å²) in [5.41, 5.74) is 9.79. The van der Waals surface area contributed by atoms with Crippen molar-refractivity contribution in [3.8, 4) is 0 Å². The standard InChI is InChI=1S/C19H28BN3O2/c1-3-16(12-21)22-19(24)18-5-4-10-23(18)13(2)15-7-6-14-8-9-20(25)17(14)11-15/h6-7,11,16,18,25H,2-5,8-10,12,21H2,1H3,(H,22,24). The van der Waals surface area contributed by atoms with Crippen LogP contribution in [-0.4, -0.2) is 47.9 Å². The van der Waals surface area contributed by atoms with Gasteiger partial charge in [0, 0.05) is 24.8 Å². The molecule has 25 heavy (non-hydrogen) atoms. The van der Waals surface area contributed by atoms with Gasteiger partial charge in [0.2, 0.25) is 5.91 Å². The quantitative estimate of drug-likeness (QED) is 0.667. The summed E-state index contributed by atoms with van der Waals surface area (Å²) in [5, 5.41) is 13.2. The van der Waals surface area contributed by atoms with Crippen LogP contribution in [0.4, 0.5) is 0 Å². The summed E-state index contributed by atoms with van der Waals surface area (Å²) in [5.74, 6) is 0.0390. The molecule has 1 amide bonds. The molecule has 6 heteroatoms. The number of nitrogens with one attached hydrogen (secondary N) is 1. The number of likely N-dealkylation sites (tertiary alicyclic amines) is 1. The zero-order valence-corrected chi connectivity index (χ0v) is 15.0. The van der Waals surface area contributed by atoms with Gasteiger partial charge in [0.1, 0.15) is 6.04 Å². The number of benzene rings is 1. The van der Waals surface area contributed by atoms with Crippen LogP contribution < -0.4 is 16.5 Å². The number of nitrogens with two attached hydrogens (primary N) is 1. The molecule has 2 aliphatic rings. The molecule has 0 aromatic heterocycles. The molecule has 0 spiro atoms. The van der Waals surface area contributed by atoms with Crippen LogP contribution in [0.2, 0.25) is 6.32 Å². The fourth-order valence-corrected chi connectivity index (χ4v) is 3.91. The van der Waals surface area contributed by atoms with E-state index in [4.69, 9.17) is 5.73 Å². The van der Waals surface area contributed by atoms with Crippen LogP contribution in [0.25, 0.3) is 5.70 Å². The van der Waals surface area contributed by atoms with Crippen molar-refractivity contribution in [1.82, 2.24) is 10.2 Å². The molecule has 0 radical (unpaired) electrons. The lowest BCUT2D eigenvalue weighted by Crippen LogP contribution is -2.48. The van der Waals surface area contributed by atoms with Crippen molar-refractivity contribution in [3.05, 3.63) is 35.9 Å². The Labute approximate surface area is 150 Å². The van der Waals surface area contributed by atoms with Crippen LogP contribution in [0.3, 0.4) is 0 Å². The van der Waals surface area contributed by atoms with Crippen LogP contribution in [0.1, 0.15) is 37.3 Å². The number of carbonyl (C=O) groups is 1. The largest absolute Gasteiger partial charge is 0.446 e. The first-order valence-corrected chi connectivity index (χ1v) is 9.32. The van der Waals surface area contributed by atoms with E-state index in [0.717, 1.165) is 55.3 Å². The van der Waals surface area contributed by atoms with E-state index in [1.807, 2.05) is 13.0 Å². The maximum absolute atomic E-state index is 12.7. The number of rotatable bonds is 6. The van der Waals surface area contributed by atoms with Crippen LogP contribution in [0, 0.1) is 0 Å². The Balaban J connectivity index is 1.75. The molecule has 2 atom stereocenters. The Morgan fingerprint density at radius 2 is 2.36 bits per heavy atom. The Kier molecular flexibility index (Phi) is 5.49. The van der Waals surface area contributed by atoms with Gasteiger partial charge in [-0.2, -0.15) is 0 Å². The van der Waals surface area contributed by atoms with Gasteiger partial charge in [-0.05, 0) is 43.0 Å². The van der Waals surface area contributed by atoms with E-state index < -0.39 is 0 Å². The normalized spacial score (nSPS) is 20.5. The van der Waals surface area contributed by atoms with E-state index in [1.54, 1.807) is 0 Å². The van der Waals surface area contributed by atoms with E-state index in [9.17, 15) is 9.82 Å². The van der Waals surface area contributed by atoms with Crippen molar-refractivity contribution < 1.29 is 9.82 Å². The third-order valence-corrected chi connectivity index (χ3v) is 5.55. The van der Waals surface area contributed by atoms with E-state index >= 15 is 0 Å². The summed E-state index contributed by atoms with van der Waals surface area (Å²) in [6.07, 6.45) is 4.36. The second kappa shape index (κ2) is 7.62. The molecule has 5 nitrogen and oxygen atoms in total. The molecule has 0 saturated carbocycles. The van der Waals surface area contributed by atoms with Crippen molar-refractivity contribution in [2.75, 3.05) is 13.1 Å². The van der Waals surface area contributed by atoms with E-state index in [-0.39, 0.29) is 24.9 Å². The molecule has 134 valence electrons. The first-order valence-electron chi connectivity index (χ1n) is 9.32. The minimum Gasteiger partial charge on any atom is -0.446 e. The van der Waals surface area contributed by atoms with Crippen LogP contribution in [-0.2, 0) is 11.2 Å². The highest BCUT2D eigenvalue weighted by Gasteiger charge is 2.33. The van der Waals surface area contributed by atoms with E-state index in [0.29, 0.717) is 6.54 Å². The lowest BCUT2D eigenvalue weighted by Gasteiger charge is -2.29. The summed E-state index contributed by atoms with van der Waals surface area (Å²) in [6, 6.07) is 6.02. The predicted molar refractivity (Wildman–Crippen MR) is 103 cm³/mol. The van der Waals surface area contributed by atoms with Gasteiger partial charge >= 0.3 is 6.92 Å². The molecule has 2 aliphatic heterocycles. The molecule has 0 bridgehead atoms. The van der Waals surface area contributed by atoms with Crippen molar-refractivity contribution in [1.29, 1.82) is 0 Å². The van der Waals surface area contributed by atoms with Gasteiger partial charge in [-0.1, -0.05) is 37.3 Å². The minimum atomic E-state index is -0.379. The number of hydrogen-bond acceptors (Lipinski definition) is 4. The number of aryl methyl sites for hydroxylation is 1. The van der Waals surface area contributed by atoms with Crippen LogP contribution in [0.5, 0.6) is 0 Å². The molecule has 1 aromatic rings. The Bertz CT molecular complexity index is 660. The van der Waals surface area contributed by atoms with Gasteiger partial charge in [0.05, 0.1) is 0 Å². The Hall–Kier alpha value is -1.79. The number of nitrogens with zero attached hydrogens (tertiary/aromatic N) is 1. The molecule has 4 N–H and O–H groups in total. The van der Waals surface area contributed by atoms with Gasteiger partial charge in [-0.25, -0.2) is 0 Å². The maximum atomic E-state index is 12.7. The first-order chi connectivity index (χ1) is 12.0. The summed E-state index contributed by atoms with van der Waals surface area (Å²) in [4.78, 5) is 14.8. The number of hydrogen-bond donors (Lipinski definition) is 3. The highest BCUT2D eigenvalue weighted by molar-refractivity contribution is 6.68. The number of amides is 1. The molecule has 0 aliphatic carbocycles. The monoisotopic (exact) mass is 341 g/mol.